The van der Waals surface area contributed by atoms with Gasteiger partial charge in [-0.05, 0) is 32.9 Å². The molecule has 1 N–H and O–H groups in total. The first-order valence-electron chi connectivity index (χ1n) is 7.24. The van der Waals surface area contributed by atoms with E-state index in [4.69, 9.17) is 8.83 Å². The molecular weight excluding hydrogens is 282 g/mol. The van der Waals surface area contributed by atoms with E-state index in [0.717, 1.165) is 5.56 Å². The summed E-state index contributed by atoms with van der Waals surface area (Å²) in [5, 5.41) is 15.7. The Morgan fingerprint density at radius 3 is 2.86 bits per heavy atom. The second-order valence-corrected chi connectivity index (χ2v) is 5.33. The second-order valence-electron chi connectivity index (χ2n) is 5.33. The third kappa shape index (κ3) is 2.94. The Bertz CT molecular complexity index is 716. The van der Waals surface area contributed by atoms with Crippen LogP contribution < -0.4 is 5.32 Å². The van der Waals surface area contributed by atoms with E-state index in [2.05, 4.69) is 34.5 Å². The molecule has 0 fully saturated rings. The van der Waals surface area contributed by atoms with Gasteiger partial charge in [0.25, 0.3) is 5.89 Å². The average Bonchev–Trinajstić information content (AvgIpc) is 3.24. The van der Waals surface area contributed by atoms with Crippen molar-refractivity contribution in [2.45, 2.75) is 39.4 Å². The van der Waals surface area contributed by atoms with E-state index in [1.807, 2.05) is 29.9 Å². The van der Waals surface area contributed by atoms with Crippen LogP contribution in [-0.4, -0.2) is 26.0 Å². The number of aromatic nitrogens is 4. The van der Waals surface area contributed by atoms with Crippen molar-refractivity contribution in [1.29, 1.82) is 0 Å². The summed E-state index contributed by atoms with van der Waals surface area (Å²) in [7, 11) is 0. The predicted molar refractivity (Wildman–Crippen MR) is 80.0 cm³/mol. The zero-order valence-electron chi connectivity index (χ0n) is 12.9. The maximum atomic E-state index is 5.63. The van der Waals surface area contributed by atoms with Crippen LogP contribution in [0.4, 0.5) is 0 Å². The van der Waals surface area contributed by atoms with E-state index in [1.165, 1.54) is 0 Å². The lowest BCUT2D eigenvalue weighted by atomic mass is 10.2. The fourth-order valence-corrected chi connectivity index (χ4v) is 2.18. The van der Waals surface area contributed by atoms with Crippen LogP contribution in [0.1, 0.15) is 31.3 Å². The fourth-order valence-electron chi connectivity index (χ4n) is 2.18. The van der Waals surface area contributed by atoms with Crippen molar-refractivity contribution in [3.05, 3.63) is 42.2 Å². The molecule has 0 unspecified atom stereocenters. The third-order valence-corrected chi connectivity index (χ3v) is 3.76. The summed E-state index contributed by atoms with van der Waals surface area (Å²) < 4.78 is 12.9. The molecule has 7 heteroatoms. The minimum absolute atomic E-state index is 0.209. The second kappa shape index (κ2) is 6.15. The van der Waals surface area contributed by atoms with Gasteiger partial charge in [0.15, 0.2) is 5.76 Å². The maximum absolute atomic E-state index is 5.63. The highest BCUT2D eigenvalue weighted by molar-refractivity contribution is 5.49. The Hall–Kier alpha value is -2.41. The highest BCUT2D eigenvalue weighted by Gasteiger charge is 2.17. The predicted octanol–water partition coefficient (Wildman–Crippen LogP) is 2.57. The molecule has 0 spiro atoms. The highest BCUT2D eigenvalue weighted by atomic mass is 16.4. The van der Waals surface area contributed by atoms with E-state index >= 15 is 0 Å². The van der Waals surface area contributed by atoms with Gasteiger partial charge in [-0.2, -0.15) is 5.10 Å². The van der Waals surface area contributed by atoms with E-state index in [-0.39, 0.29) is 12.1 Å². The SMILES string of the molecule is Cc1ccoc1-c1nnc(CN[C@@H](C)[C@@H](C)n2cccn2)o1. The minimum atomic E-state index is 0.209. The lowest BCUT2D eigenvalue weighted by molar-refractivity contribution is 0.348. The lowest BCUT2D eigenvalue weighted by Gasteiger charge is -2.20. The Morgan fingerprint density at radius 2 is 2.18 bits per heavy atom. The van der Waals surface area contributed by atoms with Crippen LogP contribution >= 0.6 is 0 Å². The van der Waals surface area contributed by atoms with Crippen molar-refractivity contribution in [2.75, 3.05) is 0 Å². The van der Waals surface area contributed by atoms with Gasteiger partial charge in [0.1, 0.15) is 0 Å². The summed E-state index contributed by atoms with van der Waals surface area (Å²) >= 11 is 0. The number of rotatable bonds is 6. The van der Waals surface area contributed by atoms with Crippen molar-refractivity contribution < 1.29 is 8.83 Å². The summed E-state index contributed by atoms with van der Waals surface area (Å²) in [6.45, 7) is 6.64. The minimum Gasteiger partial charge on any atom is -0.459 e. The molecule has 22 heavy (non-hydrogen) atoms. The maximum Gasteiger partial charge on any atom is 0.283 e. The Kier molecular flexibility index (Phi) is 4.06. The van der Waals surface area contributed by atoms with Crippen LogP contribution in [0.3, 0.4) is 0 Å². The molecule has 0 aliphatic heterocycles. The first-order chi connectivity index (χ1) is 10.6. The van der Waals surface area contributed by atoms with Crippen molar-refractivity contribution in [2.24, 2.45) is 0 Å². The summed E-state index contributed by atoms with van der Waals surface area (Å²) in [6, 6.07) is 4.22. The van der Waals surface area contributed by atoms with Gasteiger partial charge < -0.3 is 14.2 Å². The molecule has 3 rings (SSSR count). The molecule has 3 aromatic rings. The van der Waals surface area contributed by atoms with E-state index < -0.39 is 0 Å². The van der Waals surface area contributed by atoms with Crippen LogP contribution in [-0.2, 0) is 6.54 Å². The van der Waals surface area contributed by atoms with Crippen molar-refractivity contribution >= 4 is 0 Å². The Balaban J connectivity index is 1.60. The van der Waals surface area contributed by atoms with Gasteiger partial charge in [0.2, 0.25) is 5.89 Å². The number of hydrogen-bond donors (Lipinski definition) is 1. The highest BCUT2D eigenvalue weighted by Crippen LogP contribution is 2.22. The summed E-state index contributed by atoms with van der Waals surface area (Å²) in [5.41, 5.74) is 0.976. The van der Waals surface area contributed by atoms with Gasteiger partial charge >= 0.3 is 0 Å². The monoisotopic (exact) mass is 301 g/mol. The molecule has 116 valence electrons. The zero-order valence-corrected chi connectivity index (χ0v) is 12.9. The molecule has 0 amide bonds. The van der Waals surface area contributed by atoms with Gasteiger partial charge in [0, 0.05) is 24.0 Å². The molecule has 3 aromatic heterocycles. The van der Waals surface area contributed by atoms with E-state index in [1.54, 1.807) is 12.5 Å². The molecule has 0 aromatic carbocycles. The van der Waals surface area contributed by atoms with Gasteiger partial charge in [-0.3, -0.25) is 4.68 Å². The molecule has 0 saturated carbocycles. The lowest BCUT2D eigenvalue weighted by Crippen LogP contribution is -2.33. The molecular formula is C15H19N5O2. The van der Waals surface area contributed by atoms with E-state index in [0.29, 0.717) is 24.1 Å². The molecule has 0 radical (unpaired) electrons. The Morgan fingerprint density at radius 1 is 1.32 bits per heavy atom. The van der Waals surface area contributed by atoms with Crippen molar-refractivity contribution in [3.63, 3.8) is 0 Å². The largest absolute Gasteiger partial charge is 0.459 e. The summed E-state index contributed by atoms with van der Waals surface area (Å²) in [4.78, 5) is 0. The van der Waals surface area contributed by atoms with Crippen molar-refractivity contribution in [3.8, 4) is 11.7 Å². The molecule has 0 aliphatic carbocycles. The van der Waals surface area contributed by atoms with Crippen LogP contribution in [0.15, 0.2) is 39.6 Å². The number of nitrogens with zero attached hydrogens (tertiary/aromatic N) is 4. The third-order valence-electron chi connectivity index (χ3n) is 3.76. The van der Waals surface area contributed by atoms with Gasteiger partial charge in [-0.15, -0.1) is 10.2 Å². The Labute approximate surface area is 128 Å². The smallest absolute Gasteiger partial charge is 0.283 e. The zero-order chi connectivity index (χ0) is 15.5. The number of nitrogens with one attached hydrogen (secondary N) is 1. The quantitative estimate of drug-likeness (QED) is 0.753. The molecule has 7 nitrogen and oxygen atoms in total. The molecule has 0 aliphatic rings. The molecule has 3 heterocycles. The van der Waals surface area contributed by atoms with Crippen LogP contribution in [0.2, 0.25) is 0 Å². The first kappa shape index (κ1) is 14.5. The fraction of sp³-hybridized carbons (Fsp3) is 0.400. The number of hydrogen-bond acceptors (Lipinski definition) is 6. The van der Waals surface area contributed by atoms with Crippen LogP contribution in [0.5, 0.6) is 0 Å². The first-order valence-corrected chi connectivity index (χ1v) is 7.24. The van der Waals surface area contributed by atoms with Gasteiger partial charge in [0.05, 0.1) is 18.8 Å². The number of aryl methyl sites for hydroxylation is 1. The standard InChI is InChI=1S/C15H19N5O2/c1-10-5-8-21-14(10)15-19-18-13(22-15)9-16-11(2)12(3)20-7-4-6-17-20/h4-8,11-12,16H,9H2,1-3H3/t11-,12+/m0/s1. The molecule has 2 atom stereocenters. The van der Waals surface area contributed by atoms with Gasteiger partial charge in [-0.25, -0.2) is 0 Å². The summed E-state index contributed by atoms with van der Waals surface area (Å²) in [5.74, 6) is 1.56. The van der Waals surface area contributed by atoms with E-state index in [9.17, 15) is 0 Å². The van der Waals surface area contributed by atoms with Crippen LogP contribution in [0, 0.1) is 6.92 Å². The van der Waals surface area contributed by atoms with Gasteiger partial charge in [-0.1, -0.05) is 0 Å². The summed E-state index contributed by atoms with van der Waals surface area (Å²) in [6.07, 6.45) is 5.34. The molecule has 0 saturated heterocycles. The van der Waals surface area contributed by atoms with Crippen LogP contribution in [0.25, 0.3) is 11.7 Å². The topological polar surface area (TPSA) is 81.9 Å². The normalized spacial score (nSPS) is 14.1. The molecule has 0 bridgehead atoms. The van der Waals surface area contributed by atoms with Crippen molar-refractivity contribution in [1.82, 2.24) is 25.3 Å². The average molecular weight is 301 g/mol. The number of furan rings is 1.